The van der Waals surface area contributed by atoms with E-state index in [4.69, 9.17) is 4.74 Å². The van der Waals surface area contributed by atoms with Crippen molar-refractivity contribution in [2.75, 3.05) is 14.1 Å². The fraction of sp³-hybridized carbons (Fsp3) is 0.654. The Morgan fingerprint density at radius 1 is 1.10 bits per heavy atom. The van der Waals surface area contributed by atoms with Crippen molar-refractivity contribution >= 4 is 29.3 Å². The van der Waals surface area contributed by atoms with Crippen LogP contribution in [0.15, 0.2) is 24.3 Å². The number of rotatable bonds is 10. The molecule has 1 N–H and O–H groups in total. The summed E-state index contributed by atoms with van der Waals surface area (Å²) in [7, 11) is 4.48. The van der Waals surface area contributed by atoms with Crippen LogP contribution in [0.2, 0.25) is 0 Å². The number of unbranched alkanes of at least 4 members (excludes halogenated alkanes) is 3. The number of aromatic amines is 1. The van der Waals surface area contributed by atoms with Gasteiger partial charge in [0.25, 0.3) is 0 Å². The maximum atomic E-state index is 12.5. The molecule has 1 saturated carbocycles. The molecule has 0 unspecified atom stereocenters. The summed E-state index contributed by atoms with van der Waals surface area (Å²) in [4.78, 5) is 18.6. The van der Waals surface area contributed by atoms with Crippen LogP contribution in [0.1, 0.15) is 96.1 Å². The van der Waals surface area contributed by atoms with Crippen LogP contribution in [0.25, 0.3) is 10.9 Å². The normalized spacial score (nSPS) is 21.3. The second-order valence-corrected chi connectivity index (χ2v) is 9.34. The molecule has 0 atom stereocenters. The van der Waals surface area contributed by atoms with Crippen LogP contribution in [-0.2, 0) is 4.79 Å². The molecular formula is C26H41ClN2O2. The van der Waals surface area contributed by atoms with E-state index in [1.165, 1.54) is 32.1 Å². The van der Waals surface area contributed by atoms with Crippen molar-refractivity contribution in [1.82, 2.24) is 9.88 Å². The van der Waals surface area contributed by atoms with Crippen LogP contribution in [-0.4, -0.2) is 35.5 Å². The van der Waals surface area contributed by atoms with E-state index in [0.717, 1.165) is 54.5 Å². The van der Waals surface area contributed by atoms with E-state index in [9.17, 15) is 4.79 Å². The molecule has 31 heavy (non-hydrogen) atoms. The Labute approximate surface area is 194 Å². The molecule has 1 aliphatic rings. The molecule has 1 fully saturated rings. The molecule has 5 heteroatoms. The van der Waals surface area contributed by atoms with Crippen molar-refractivity contribution in [3.63, 3.8) is 0 Å². The van der Waals surface area contributed by atoms with Gasteiger partial charge in [-0.1, -0.05) is 51.7 Å². The maximum Gasteiger partial charge on any atom is 0.311 e. The first-order valence-corrected chi connectivity index (χ1v) is 12.0. The number of benzene rings is 1. The zero-order valence-corrected chi connectivity index (χ0v) is 20.7. The van der Waals surface area contributed by atoms with Gasteiger partial charge in [0, 0.05) is 28.8 Å². The number of aromatic nitrogens is 1. The SMILES string of the molecule is CCCCCC(=O)Oc1c(C2CCC(CCCC)(N(C)C)CC2)[nH]c2ccccc12.Cl. The molecule has 1 aromatic carbocycles. The van der Waals surface area contributed by atoms with Crippen LogP contribution >= 0.6 is 12.4 Å². The lowest BCUT2D eigenvalue weighted by molar-refractivity contribution is -0.134. The predicted octanol–water partition coefficient (Wildman–Crippen LogP) is 7.22. The van der Waals surface area contributed by atoms with Crippen molar-refractivity contribution in [2.45, 2.75) is 95.9 Å². The van der Waals surface area contributed by atoms with E-state index in [-0.39, 0.29) is 18.4 Å². The summed E-state index contributed by atoms with van der Waals surface area (Å²) in [5.74, 6) is 1.10. The Morgan fingerprint density at radius 2 is 1.77 bits per heavy atom. The Kier molecular flexibility index (Phi) is 9.90. The summed E-state index contributed by atoms with van der Waals surface area (Å²) in [6, 6.07) is 8.22. The van der Waals surface area contributed by atoms with Crippen molar-refractivity contribution in [2.24, 2.45) is 0 Å². The summed E-state index contributed by atoms with van der Waals surface area (Å²) < 4.78 is 5.98. The van der Waals surface area contributed by atoms with E-state index in [1.807, 2.05) is 12.1 Å². The highest BCUT2D eigenvalue weighted by Crippen LogP contribution is 2.46. The fourth-order valence-corrected chi connectivity index (χ4v) is 5.09. The average Bonchev–Trinajstić information content (AvgIpc) is 3.11. The van der Waals surface area contributed by atoms with E-state index in [1.54, 1.807) is 0 Å². The van der Waals surface area contributed by atoms with Gasteiger partial charge in [0.05, 0.1) is 5.69 Å². The molecule has 0 aliphatic heterocycles. The third-order valence-corrected chi connectivity index (χ3v) is 7.15. The third kappa shape index (κ3) is 6.04. The quantitative estimate of drug-likeness (QED) is 0.308. The zero-order valence-electron chi connectivity index (χ0n) is 19.8. The van der Waals surface area contributed by atoms with Gasteiger partial charge >= 0.3 is 5.97 Å². The first-order chi connectivity index (χ1) is 14.5. The highest BCUT2D eigenvalue weighted by molar-refractivity contribution is 5.90. The fourth-order valence-electron chi connectivity index (χ4n) is 5.09. The van der Waals surface area contributed by atoms with E-state index in [2.05, 4.69) is 50.0 Å². The molecule has 2 aromatic rings. The molecule has 174 valence electrons. The van der Waals surface area contributed by atoms with Gasteiger partial charge in [-0.2, -0.15) is 0 Å². The lowest BCUT2D eigenvalue weighted by Crippen LogP contribution is -2.46. The van der Waals surface area contributed by atoms with E-state index >= 15 is 0 Å². The van der Waals surface area contributed by atoms with E-state index < -0.39 is 0 Å². The van der Waals surface area contributed by atoms with Crippen LogP contribution in [0.3, 0.4) is 0 Å². The van der Waals surface area contributed by atoms with Gasteiger partial charge in [-0.3, -0.25) is 4.79 Å². The third-order valence-electron chi connectivity index (χ3n) is 7.15. The van der Waals surface area contributed by atoms with Gasteiger partial charge in [0.2, 0.25) is 0 Å². The first kappa shape index (κ1) is 25.7. The number of esters is 1. The van der Waals surface area contributed by atoms with Gasteiger partial charge in [-0.25, -0.2) is 0 Å². The Bertz CT molecular complexity index is 822. The van der Waals surface area contributed by atoms with Gasteiger partial charge < -0.3 is 14.6 Å². The lowest BCUT2D eigenvalue weighted by Gasteiger charge is -2.45. The Morgan fingerprint density at radius 3 is 2.42 bits per heavy atom. The predicted molar refractivity (Wildman–Crippen MR) is 132 cm³/mol. The molecule has 1 aromatic heterocycles. The number of halogens is 1. The van der Waals surface area contributed by atoms with Gasteiger partial charge in [-0.05, 0) is 64.8 Å². The number of hydrogen-bond acceptors (Lipinski definition) is 3. The van der Waals surface area contributed by atoms with Crippen molar-refractivity contribution < 1.29 is 9.53 Å². The number of ether oxygens (including phenoxy) is 1. The maximum absolute atomic E-state index is 12.5. The first-order valence-electron chi connectivity index (χ1n) is 12.0. The smallest absolute Gasteiger partial charge is 0.311 e. The van der Waals surface area contributed by atoms with Crippen LogP contribution < -0.4 is 4.74 Å². The van der Waals surface area contributed by atoms with Crippen molar-refractivity contribution in [1.29, 1.82) is 0 Å². The Hall–Kier alpha value is -1.52. The van der Waals surface area contributed by atoms with Crippen LogP contribution in [0.4, 0.5) is 0 Å². The van der Waals surface area contributed by atoms with Crippen LogP contribution in [0, 0.1) is 0 Å². The number of fused-ring (bicyclic) bond motifs is 1. The second kappa shape index (κ2) is 11.9. The number of carbonyl (C=O) groups is 1. The number of hydrogen-bond donors (Lipinski definition) is 1. The molecular weight excluding hydrogens is 408 g/mol. The van der Waals surface area contributed by atoms with Gasteiger partial charge in [0.15, 0.2) is 5.75 Å². The molecule has 0 radical (unpaired) electrons. The monoisotopic (exact) mass is 448 g/mol. The largest absolute Gasteiger partial charge is 0.424 e. The zero-order chi connectivity index (χ0) is 21.6. The average molecular weight is 449 g/mol. The molecule has 0 amide bonds. The lowest BCUT2D eigenvalue weighted by atomic mass is 9.72. The standard InChI is InChI=1S/C26H40N2O2.ClH/c1-5-7-9-14-23(29)30-25-21-12-10-11-13-22(21)27-24(25)20-15-18-26(19-16-20,28(3)4)17-8-6-2;/h10-13,20,27H,5-9,14-19H2,1-4H3;1H. The second-order valence-electron chi connectivity index (χ2n) is 9.34. The molecule has 1 aliphatic carbocycles. The number of carbonyl (C=O) groups excluding carboxylic acids is 1. The summed E-state index contributed by atoms with van der Waals surface area (Å²) in [5.41, 5.74) is 2.51. The summed E-state index contributed by atoms with van der Waals surface area (Å²) in [6.07, 6.45) is 12.1. The minimum absolute atomic E-state index is 0. The minimum atomic E-state index is -0.101. The molecule has 0 saturated heterocycles. The highest BCUT2D eigenvalue weighted by Gasteiger charge is 2.38. The van der Waals surface area contributed by atoms with Crippen LogP contribution in [0.5, 0.6) is 5.75 Å². The number of H-pyrrole nitrogens is 1. The molecule has 1 heterocycles. The summed E-state index contributed by atoms with van der Waals surface area (Å²) >= 11 is 0. The van der Waals surface area contributed by atoms with Gasteiger partial charge in [-0.15, -0.1) is 12.4 Å². The Balaban J connectivity index is 0.00000341. The van der Waals surface area contributed by atoms with Crippen molar-refractivity contribution in [3.8, 4) is 5.75 Å². The molecule has 0 spiro atoms. The minimum Gasteiger partial charge on any atom is -0.424 e. The van der Waals surface area contributed by atoms with E-state index in [0.29, 0.717) is 17.9 Å². The molecule has 0 bridgehead atoms. The van der Waals surface area contributed by atoms with Crippen molar-refractivity contribution in [3.05, 3.63) is 30.0 Å². The summed E-state index contributed by atoms with van der Waals surface area (Å²) in [6.45, 7) is 4.43. The number of nitrogens with zero attached hydrogens (tertiary/aromatic N) is 1. The number of nitrogens with one attached hydrogen (secondary N) is 1. The molecule has 3 rings (SSSR count). The number of para-hydroxylation sites is 1. The highest BCUT2D eigenvalue weighted by atomic mass is 35.5. The summed E-state index contributed by atoms with van der Waals surface area (Å²) in [5, 5.41) is 1.03. The topological polar surface area (TPSA) is 45.3 Å². The van der Waals surface area contributed by atoms with Gasteiger partial charge in [0.1, 0.15) is 0 Å². The molecule has 4 nitrogen and oxygen atoms in total.